The number of hydrogen-bond donors (Lipinski definition) is 2. The largest absolute Gasteiger partial charge is 0.449 e. The highest BCUT2D eigenvalue weighted by Crippen LogP contribution is 2.30. The molecule has 0 radical (unpaired) electrons. The Morgan fingerprint density at radius 3 is 2.45 bits per heavy atom. The summed E-state index contributed by atoms with van der Waals surface area (Å²) < 4.78 is 5.69. The van der Waals surface area contributed by atoms with Gasteiger partial charge in [0.1, 0.15) is 0 Å². The SMILES string of the molecule is NC(=O)C1CCN(C(=O)c2ccc(/C=C3/Oc4ccccc4NC3=O)cc2)CC1. The number of rotatable bonds is 3. The smallest absolute Gasteiger partial charge is 0.291 e. The second-order valence-electron chi connectivity index (χ2n) is 7.15. The van der Waals surface area contributed by atoms with Crippen molar-refractivity contribution in [3.8, 4) is 5.75 Å². The van der Waals surface area contributed by atoms with E-state index in [4.69, 9.17) is 10.5 Å². The van der Waals surface area contributed by atoms with Gasteiger partial charge in [0.15, 0.2) is 11.5 Å². The summed E-state index contributed by atoms with van der Waals surface area (Å²) in [5.41, 5.74) is 7.29. The first-order valence-corrected chi connectivity index (χ1v) is 9.50. The number of nitrogens with zero attached hydrogens (tertiary/aromatic N) is 1. The van der Waals surface area contributed by atoms with Crippen molar-refractivity contribution in [2.24, 2.45) is 11.7 Å². The fourth-order valence-electron chi connectivity index (χ4n) is 3.53. The minimum Gasteiger partial charge on any atom is -0.449 e. The number of hydrogen-bond acceptors (Lipinski definition) is 4. The molecule has 7 heteroatoms. The fourth-order valence-corrected chi connectivity index (χ4v) is 3.53. The number of benzene rings is 2. The summed E-state index contributed by atoms with van der Waals surface area (Å²) in [5, 5.41) is 2.79. The highest BCUT2D eigenvalue weighted by atomic mass is 16.5. The van der Waals surface area contributed by atoms with Gasteiger partial charge in [0, 0.05) is 24.6 Å². The predicted octanol–water partition coefficient (Wildman–Crippen LogP) is 2.40. The Labute approximate surface area is 168 Å². The molecule has 0 aliphatic carbocycles. The highest BCUT2D eigenvalue weighted by molar-refractivity contribution is 6.08. The lowest BCUT2D eigenvalue weighted by Crippen LogP contribution is -2.41. The third kappa shape index (κ3) is 3.99. The van der Waals surface area contributed by atoms with E-state index in [1.54, 1.807) is 47.4 Å². The monoisotopic (exact) mass is 391 g/mol. The van der Waals surface area contributed by atoms with Crippen LogP contribution in [0.4, 0.5) is 5.69 Å². The summed E-state index contributed by atoms with van der Waals surface area (Å²) in [6.45, 7) is 1.04. The van der Waals surface area contributed by atoms with E-state index in [1.165, 1.54) is 0 Å². The number of piperidine rings is 1. The molecule has 2 aliphatic rings. The van der Waals surface area contributed by atoms with Gasteiger partial charge in [-0.3, -0.25) is 14.4 Å². The molecule has 148 valence electrons. The molecular formula is C22H21N3O4. The van der Waals surface area contributed by atoms with E-state index in [9.17, 15) is 14.4 Å². The summed E-state index contributed by atoms with van der Waals surface area (Å²) in [4.78, 5) is 37.9. The van der Waals surface area contributed by atoms with Gasteiger partial charge in [-0.25, -0.2) is 0 Å². The zero-order chi connectivity index (χ0) is 20.4. The van der Waals surface area contributed by atoms with Crippen LogP contribution in [0.15, 0.2) is 54.3 Å². The quantitative estimate of drug-likeness (QED) is 0.785. The maximum atomic E-state index is 12.7. The van der Waals surface area contributed by atoms with Crippen LogP contribution in [0.5, 0.6) is 5.75 Å². The summed E-state index contributed by atoms with van der Waals surface area (Å²) in [6.07, 6.45) is 2.83. The minimum atomic E-state index is -0.318. The first-order chi connectivity index (χ1) is 14.0. The number of ether oxygens (including phenoxy) is 1. The molecule has 2 aliphatic heterocycles. The van der Waals surface area contributed by atoms with Gasteiger partial charge in [0.05, 0.1) is 5.69 Å². The number of primary amides is 1. The van der Waals surface area contributed by atoms with Crippen LogP contribution in [0.2, 0.25) is 0 Å². The lowest BCUT2D eigenvalue weighted by atomic mass is 9.96. The van der Waals surface area contributed by atoms with E-state index >= 15 is 0 Å². The molecule has 0 spiro atoms. The standard InChI is InChI=1S/C22H21N3O4/c23-20(26)15-9-11-25(12-10-15)22(28)16-7-5-14(6-8-16)13-19-21(27)24-17-3-1-2-4-18(17)29-19/h1-8,13,15H,9-12H2,(H2,23,26)(H,24,27)/b19-13+. The summed E-state index contributed by atoms with van der Waals surface area (Å²) in [5.74, 6) is -0.0689. The Morgan fingerprint density at radius 1 is 1.07 bits per heavy atom. The van der Waals surface area contributed by atoms with Crippen LogP contribution in [-0.4, -0.2) is 35.7 Å². The number of fused-ring (bicyclic) bond motifs is 1. The molecule has 0 atom stereocenters. The molecule has 29 heavy (non-hydrogen) atoms. The lowest BCUT2D eigenvalue weighted by molar-refractivity contribution is -0.123. The van der Waals surface area contributed by atoms with Gasteiger partial charge >= 0.3 is 0 Å². The van der Waals surface area contributed by atoms with E-state index in [0.717, 1.165) is 5.56 Å². The average Bonchev–Trinajstić information content (AvgIpc) is 2.74. The molecule has 7 nitrogen and oxygen atoms in total. The van der Waals surface area contributed by atoms with Gasteiger partial charge in [-0.1, -0.05) is 24.3 Å². The zero-order valence-corrected chi connectivity index (χ0v) is 15.8. The zero-order valence-electron chi connectivity index (χ0n) is 15.8. The van der Waals surface area contributed by atoms with E-state index in [2.05, 4.69) is 5.32 Å². The number of anilines is 1. The summed E-state index contributed by atoms with van der Waals surface area (Å²) in [7, 11) is 0. The van der Waals surface area contributed by atoms with Crippen molar-refractivity contribution in [3.63, 3.8) is 0 Å². The van der Waals surface area contributed by atoms with E-state index < -0.39 is 0 Å². The molecule has 3 N–H and O–H groups in total. The molecular weight excluding hydrogens is 370 g/mol. The van der Waals surface area contributed by atoms with Crippen molar-refractivity contribution in [3.05, 3.63) is 65.4 Å². The fraction of sp³-hybridized carbons (Fsp3) is 0.227. The Bertz CT molecular complexity index is 989. The molecule has 0 bridgehead atoms. The van der Waals surface area contributed by atoms with Gasteiger partial charge in [-0.2, -0.15) is 0 Å². The van der Waals surface area contributed by atoms with E-state index in [0.29, 0.717) is 42.9 Å². The average molecular weight is 391 g/mol. The predicted molar refractivity (Wildman–Crippen MR) is 108 cm³/mol. The van der Waals surface area contributed by atoms with E-state index in [1.807, 2.05) is 12.1 Å². The molecule has 1 fully saturated rings. The normalized spacial score (nSPS) is 18.0. The molecule has 4 rings (SSSR count). The van der Waals surface area contributed by atoms with Crippen molar-refractivity contribution in [2.45, 2.75) is 12.8 Å². The van der Waals surface area contributed by atoms with Gasteiger partial charge in [0.25, 0.3) is 11.8 Å². The summed E-state index contributed by atoms with van der Waals surface area (Å²) >= 11 is 0. The van der Waals surface area contributed by atoms with Crippen LogP contribution >= 0.6 is 0 Å². The number of nitrogens with two attached hydrogens (primary N) is 1. The molecule has 2 aromatic rings. The van der Waals surface area contributed by atoms with Crippen LogP contribution < -0.4 is 15.8 Å². The van der Waals surface area contributed by atoms with Gasteiger partial charge < -0.3 is 20.7 Å². The van der Waals surface area contributed by atoms with Crippen molar-refractivity contribution >= 4 is 29.5 Å². The maximum Gasteiger partial charge on any atom is 0.291 e. The first-order valence-electron chi connectivity index (χ1n) is 9.50. The molecule has 2 aromatic carbocycles. The second-order valence-corrected chi connectivity index (χ2v) is 7.15. The van der Waals surface area contributed by atoms with Gasteiger partial charge in [-0.15, -0.1) is 0 Å². The van der Waals surface area contributed by atoms with Crippen molar-refractivity contribution < 1.29 is 19.1 Å². The van der Waals surface area contributed by atoms with Crippen molar-refractivity contribution in [1.82, 2.24) is 4.90 Å². The Balaban J connectivity index is 1.44. The summed E-state index contributed by atoms with van der Waals surface area (Å²) in [6, 6.07) is 14.2. The number of nitrogens with one attached hydrogen (secondary N) is 1. The first kappa shape index (κ1) is 18.7. The number of carbonyl (C=O) groups is 3. The Hall–Kier alpha value is -3.61. The Morgan fingerprint density at radius 2 is 1.76 bits per heavy atom. The van der Waals surface area contributed by atoms with Gasteiger partial charge in [-0.05, 0) is 48.7 Å². The van der Waals surface area contributed by atoms with Crippen LogP contribution in [0, 0.1) is 5.92 Å². The van der Waals surface area contributed by atoms with Crippen LogP contribution in [0.1, 0.15) is 28.8 Å². The van der Waals surface area contributed by atoms with Crippen LogP contribution in [0.3, 0.4) is 0 Å². The lowest BCUT2D eigenvalue weighted by Gasteiger charge is -2.30. The minimum absolute atomic E-state index is 0.0762. The maximum absolute atomic E-state index is 12.7. The number of amides is 3. The van der Waals surface area contributed by atoms with E-state index in [-0.39, 0.29) is 29.4 Å². The Kier molecular flexibility index (Phi) is 5.03. The third-order valence-electron chi connectivity index (χ3n) is 5.22. The third-order valence-corrected chi connectivity index (χ3v) is 5.22. The number of para-hydroxylation sites is 2. The molecule has 1 saturated heterocycles. The molecule has 2 heterocycles. The topological polar surface area (TPSA) is 102 Å². The van der Waals surface area contributed by atoms with Crippen molar-refractivity contribution in [1.29, 1.82) is 0 Å². The number of likely N-dealkylation sites (tertiary alicyclic amines) is 1. The highest BCUT2D eigenvalue weighted by Gasteiger charge is 2.26. The molecule has 0 saturated carbocycles. The second kappa shape index (κ2) is 7.79. The molecule has 0 unspecified atom stereocenters. The van der Waals surface area contributed by atoms with Gasteiger partial charge in [0.2, 0.25) is 5.91 Å². The number of carbonyl (C=O) groups excluding carboxylic acids is 3. The van der Waals surface area contributed by atoms with Crippen molar-refractivity contribution in [2.75, 3.05) is 18.4 Å². The molecule has 0 aromatic heterocycles. The van der Waals surface area contributed by atoms with Crippen LogP contribution in [-0.2, 0) is 9.59 Å². The molecule has 3 amide bonds. The van der Waals surface area contributed by atoms with Crippen LogP contribution in [0.25, 0.3) is 6.08 Å².